The number of hydrogen-bond donors (Lipinski definition) is 1. The molecule has 5 nitrogen and oxygen atoms in total. The largest absolute Gasteiger partial charge is 0.444 e. The summed E-state index contributed by atoms with van der Waals surface area (Å²) in [7, 11) is 0. The summed E-state index contributed by atoms with van der Waals surface area (Å²) in [5.74, 6) is 0. The van der Waals surface area contributed by atoms with Crippen LogP contribution in [0.4, 0.5) is 4.79 Å². The maximum atomic E-state index is 11.8. The number of hydroxylamine groups is 1. The van der Waals surface area contributed by atoms with E-state index in [9.17, 15) is 4.79 Å². The minimum atomic E-state index is -0.459. The predicted octanol–water partition coefficient (Wildman–Crippen LogP) is 1.75. The summed E-state index contributed by atoms with van der Waals surface area (Å²) in [5.41, 5.74) is 3.35. The second kappa shape index (κ2) is 3.92. The van der Waals surface area contributed by atoms with Gasteiger partial charge in [-0.1, -0.05) is 0 Å². The quantitative estimate of drug-likeness (QED) is 0.691. The first-order valence-electron chi connectivity index (χ1n) is 5.15. The molecule has 1 saturated heterocycles. The molecule has 1 amide bonds. The highest BCUT2D eigenvalue weighted by atomic mass is 79.9. The molecule has 0 aromatic carbocycles. The monoisotopic (exact) mass is 290 g/mol. The topological polar surface area (TPSA) is 50.8 Å². The molecule has 6 heteroatoms. The normalized spacial score (nSPS) is 24.5. The molecule has 0 aliphatic carbocycles. The lowest BCUT2D eigenvalue weighted by atomic mass is 10.2. The number of halogens is 1. The number of ether oxygens (including phenoxy) is 1. The first-order valence-corrected chi connectivity index (χ1v) is 5.94. The van der Waals surface area contributed by atoms with Gasteiger partial charge in [-0.2, -0.15) is 0 Å². The summed E-state index contributed by atoms with van der Waals surface area (Å²) in [6.07, 6.45) is -0.347. The third kappa shape index (κ3) is 2.32. The van der Waals surface area contributed by atoms with Crippen molar-refractivity contribution in [3.8, 4) is 0 Å². The Morgan fingerprint density at radius 1 is 1.62 bits per heavy atom. The molecule has 2 aliphatic heterocycles. The summed E-state index contributed by atoms with van der Waals surface area (Å²) < 4.78 is 6.12. The lowest BCUT2D eigenvalue weighted by Gasteiger charge is -2.24. The number of fused-ring (bicyclic) bond motifs is 1. The Hall–Kier alpha value is -0.750. The van der Waals surface area contributed by atoms with Gasteiger partial charge in [0, 0.05) is 5.57 Å². The highest BCUT2D eigenvalue weighted by Gasteiger charge is 2.38. The van der Waals surface area contributed by atoms with Crippen LogP contribution in [0.3, 0.4) is 0 Å². The average molecular weight is 291 g/mol. The van der Waals surface area contributed by atoms with Crippen molar-refractivity contribution in [3.63, 3.8) is 0 Å². The Kier molecular flexibility index (Phi) is 2.88. The fourth-order valence-corrected chi connectivity index (χ4v) is 2.13. The maximum Gasteiger partial charge on any atom is 0.410 e. The number of likely N-dealkylation sites (tertiary alicyclic amines) is 1. The number of carbonyl (C=O) groups excluding carboxylic acids is 1. The zero-order valence-corrected chi connectivity index (χ0v) is 11.1. The fraction of sp³-hybridized carbons (Fsp3) is 0.700. The van der Waals surface area contributed by atoms with Crippen molar-refractivity contribution in [2.45, 2.75) is 32.5 Å². The molecule has 0 aromatic rings. The SMILES string of the molecule is CC(C)(C)OC(=O)N1CC2=C(Br)NOC2C1. The van der Waals surface area contributed by atoms with Crippen molar-refractivity contribution in [2.75, 3.05) is 13.1 Å². The van der Waals surface area contributed by atoms with Crippen LogP contribution in [0.1, 0.15) is 20.8 Å². The molecule has 1 atom stereocenters. The molecule has 0 aromatic heterocycles. The van der Waals surface area contributed by atoms with E-state index in [2.05, 4.69) is 21.4 Å². The number of rotatable bonds is 0. The molecule has 2 rings (SSSR count). The van der Waals surface area contributed by atoms with Crippen molar-refractivity contribution in [1.82, 2.24) is 10.4 Å². The van der Waals surface area contributed by atoms with Crippen LogP contribution in [0, 0.1) is 0 Å². The van der Waals surface area contributed by atoms with Gasteiger partial charge in [0.05, 0.1) is 13.1 Å². The third-order valence-electron chi connectivity index (χ3n) is 2.36. The van der Waals surface area contributed by atoms with Crippen molar-refractivity contribution in [2.24, 2.45) is 0 Å². The van der Waals surface area contributed by atoms with Crippen LogP contribution in [-0.4, -0.2) is 35.8 Å². The minimum absolute atomic E-state index is 0.0538. The van der Waals surface area contributed by atoms with Gasteiger partial charge in [-0.3, -0.25) is 10.3 Å². The van der Waals surface area contributed by atoms with Gasteiger partial charge in [0.1, 0.15) is 16.3 Å². The Morgan fingerprint density at radius 2 is 2.31 bits per heavy atom. The van der Waals surface area contributed by atoms with E-state index in [1.165, 1.54) is 0 Å². The van der Waals surface area contributed by atoms with E-state index in [4.69, 9.17) is 9.57 Å². The number of amides is 1. The van der Waals surface area contributed by atoms with Crippen LogP contribution >= 0.6 is 15.9 Å². The molecule has 0 spiro atoms. The maximum absolute atomic E-state index is 11.8. The molecule has 1 fully saturated rings. The molecule has 90 valence electrons. The van der Waals surface area contributed by atoms with Crippen molar-refractivity contribution in [1.29, 1.82) is 0 Å². The average Bonchev–Trinajstić information content (AvgIpc) is 2.65. The van der Waals surface area contributed by atoms with E-state index >= 15 is 0 Å². The minimum Gasteiger partial charge on any atom is -0.444 e. The molecular formula is C10H15BrN2O3. The van der Waals surface area contributed by atoms with E-state index in [-0.39, 0.29) is 12.2 Å². The predicted molar refractivity (Wildman–Crippen MR) is 61.8 cm³/mol. The summed E-state index contributed by atoms with van der Waals surface area (Å²) in [6, 6.07) is 0. The van der Waals surface area contributed by atoms with Crippen LogP contribution < -0.4 is 5.48 Å². The van der Waals surface area contributed by atoms with Gasteiger partial charge in [0.15, 0.2) is 0 Å². The molecule has 0 radical (unpaired) electrons. The second-order valence-corrected chi connectivity index (χ2v) is 5.70. The standard InChI is InChI=1S/C10H15BrN2O3/c1-10(2,3)15-9(14)13-4-6-7(5-13)16-12-8(6)11/h7,12H,4-5H2,1-3H3. The van der Waals surface area contributed by atoms with Crippen LogP contribution in [0.2, 0.25) is 0 Å². The Labute approximate surface area is 103 Å². The van der Waals surface area contributed by atoms with Gasteiger partial charge in [-0.25, -0.2) is 4.79 Å². The zero-order chi connectivity index (χ0) is 11.9. The summed E-state index contributed by atoms with van der Waals surface area (Å²) >= 11 is 3.35. The number of nitrogens with zero attached hydrogens (tertiary/aromatic N) is 1. The number of nitrogens with one attached hydrogen (secondary N) is 1. The summed E-state index contributed by atoms with van der Waals surface area (Å²) in [6.45, 7) is 6.65. The number of carbonyl (C=O) groups is 1. The van der Waals surface area contributed by atoms with Gasteiger partial charge in [-0.15, -0.1) is 0 Å². The van der Waals surface area contributed by atoms with E-state index in [0.717, 1.165) is 10.2 Å². The summed E-state index contributed by atoms with van der Waals surface area (Å²) in [4.78, 5) is 18.7. The Morgan fingerprint density at radius 3 is 2.88 bits per heavy atom. The number of hydrogen-bond acceptors (Lipinski definition) is 4. The van der Waals surface area contributed by atoms with Crippen LogP contribution in [0.15, 0.2) is 10.2 Å². The van der Waals surface area contributed by atoms with Gasteiger partial charge in [0.2, 0.25) is 0 Å². The molecule has 1 N–H and O–H groups in total. The van der Waals surface area contributed by atoms with Crippen molar-refractivity contribution < 1.29 is 14.4 Å². The Bertz CT molecular complexity index is 348. The molecule has 16 heavy (non-hydrogen) atoms. The van der Waals surface area contributed by atoms with E-state index < -0.39 is 5.60 Å². The molecule has 1 unspecified atom stereocenters. The van der Waals surface area contributed by atoms with Crippen LogP contribution in [-0.2, 0) is 9.57 Å². The molecule has 0 saturated carbocycles. The molecule has 0 bridgehead atoms. The van der Waals surface area contributed by atoms with Gasteiger partial charge >= 0.3 is 6.09 Å². The lowest BCUT2D eigenvalue weighted by Crippen LogP contribution is -2.36. The second-order valence-electron chi connectivity index (χ2n) is 4.91. The zero-order valence-electron chi connectivity index (χ0n) is 9.54. The van der Waals surface area contributed by atoms with Crippen molar-refractivity contribution >= 4 is 22.0 Å². The van der Waals surface area contributed by atoms with Gasteiger partial charge < -0.3 is 9.64 Å². The summed E-state index contributed by atoms with van der Waals surface area (Å²) in [5, 5.41) is 0. The van der Waals surface area contributed by atoms with E-state index in [1.54, 1.807) is 4.90 Å². The molecule has 2 heterocycles. The first kappa shape index (κ1) is 11.7. The van der Waals surface area contributed by atoms with Crippen LogP contribution in [0.25, 0.3) is 0 Å². The molecule has 2 aliphatic rings. The highest BCUT2D eigenvalue weighted by Crippen LogP contribution is 2.29. The van der Waals surface area contributed by atoms with E-state index in [1.807, 2.05) is 20.8 Å². The van der Waals surface area contributed by atoms with Gasteiger partial charge in [-0.05, 0) is 36.7 Å². The smallest absolute Gasteiger partial charge is 0.410 e. The van der Waals surface area contributed by atoms with E-state index in [0.29, 0.717) is 13.1 Å². The van der Waals surface area contributed by atoms with Gasteiger partial charge in [0.25, 0.3) is 0 Å². The van der Waals surface area contributed by atoms with Crippen LogP contribution in [0.5, 0.6) is 0 Å². The third-order valence-corrected chi connectivity index (χ3v) is 3.03. The molecular weight excluding hydrogens is 276 g/mol. The first-order chi connectivity index (χ1) is 7.37. The lowest BCUT2D eigenvalue weighted by molar-refractivity contribution is 0.0128. The highest BCUT2D eigenvalue weighted by molar-refractivity contribution is 9.11. The van der Waals surface area contributed by atoms with Crippen molar-refractivity contribution in [3.05, 3.63) is 10.2 Å². The fourth-order valence-electron chi connectivity index (χ4n) is 1.66. The Balaban J connectivity index is 1.99.